The molecule has 0 spiro atoms. The largest absolute Gasteiger partial charge is 0.463 e. The van der Waals surface area contributed by atoms with Crippen molar-refractivity contribution in [2.75, 3.05) is 31.1 Å². The molecule has 30 heavy (non-hydrogen) atoms. The quantitative estimate of drug-likeness (QED) is 0.476. The summed E-state index contributed by atoms with van der Waals surface area (Å²) in [6.07, 6.45) is 3.40. The highest BCUT2D eigenvalue weighted by Gasteiger charge is 2.26. The van der Waals surface area contributed by atoms with Crippen molar-refractivity contribution in [3.8, 4) is 17.1 Å². The normalized spacial score (nSPS) is 14.3. The van der Waals surface area contributed by atoms with Gasteiger partial charge in [0, 0.05) is 48.8 Å². The van der Waals surface area contributed by atoms with Gasteiger partial charge in [0.05, 0.1) is 12.0 Å². The lowest BCUT2D eigenvalue weighted by molar-refractivity contribution is 0.0740. The molecule has 7 nitrogen and oxygen atoms in total. The van der Waals surface area contributed by atoms with Gasteiger partial charge in [-0.15, -0.1) is 11.3 Å². The number of hydrogen-bond acceptors (Lipinski definition) is 6. The molecule has 0 bridgehead atoms. The molecule has 0 N–H and O–H groups in total. The second-order valence-electron chi connectivity index (χ2n) is 6.88. The Hall–Kier alpha value is -3.10. The number of amides is 1. The van der Waals surface area contributed by atoms with E-state index in [4.69, 9.17) is 16.0 Å². The minimum Gasteiger partial charge on any atom is -0.463 e. The smallest absolute Gasteiger partial charge is 0.274 e. The van der Waals surface area contributed by atoms with Crippen molar-refractivity contribution in [1.29, 1.82) is 0 Å². The zero-order chi connectivity index (χ0) is 20.5. The molecule has 4 aromatic rings. The number of furan rings is 1. The van der Waals surface area contributed by atoms with Crippen molar-refractivity contribution < 1.29 is 9.21 Å². The first-order chi connectivity index (χ1) is 14.7. The van der Waals surface area contributed by atoms with Gasteiger partial charge in [-0.3, -0.25) is 4.79 Å². The third-order valence-electron chi connectivity index (χ3n) is 5.01. The SMILES string of the molecule is O=C(c1cc(-c2ccco2)n(-c2cccc(Cl)c2)n1)N1CCN(c2nccs2)CC1. The van der Waals surface area contributed by atoms with Crippen molar-refractivity contribution in [1.82, 2.24) is 19.7 Å². The molecule has 1 saturated heterocycles. The van der Waals surface area contributed by atoms with Crippen LogP contribution in [0.4, 0.5) is 5.13 Å². The van der Waals surface area contributed by atoms with E-state index >= 15 is 0 Å². The third-order valence-corrected chi connectivity index (χ3v) is 6.08. The maximum atomic E-state index is 13.2. The molecule has 3 aromatic heterocycles. The minimum absolute atomic E-state index is 0.0950. The molecule has 1 aromatic carbocycles. The number of halogens is 1. The summed E-state index contributed by atoms with van der Waals surface area (Å²) < 4.78 is 7.27. The van der Waals surface area contributed by atoms with E-state index in [1.165, 1.54) is 0 Å². The van der Waals surface area contributed by atoms with E-state index in [0.717, 1.165) is 23.9 Å². The monoisotopic (exact) mass is 439 g/mol. The maximum Gasteiger partial charge on any atom is 0.274 e. The number of benzene rings is 1. The van der Waals surface area contributed by atoms with Gasteiger partial charge in [-0.25, -0.2) is 9.67 Å². The Morgan fingerprint density at radius 2 is 1.97 bits per heavy atom. The number of piperazine rings is 1. The Bertz CT molecular complexity index is 1150. The van der Waals surface area contributed by atoms with Gasteiger partial charge < -0.3 is 14.2 Å². The van der Waals surface area contributed by atoms with E-state index in [-0.39, 0.29) is 5.91 Å². The predicted octanol–water partition coefficient (Wildman–Crippen LogP) is 4.20. The highest BCUT2D eigenvalue weighted by Crippen LogP contribution is 2.27. The van der Waals surface area contributed by atoms with Crippen molar-refractivity contribution >= 4 is 34.0 Å². The van der Waals surface area contributed by atoms with Crippen molar-refractivity contribution in [3.63, 3.8) is 0 Å². The number of aromatic nitrogens is 3. The number of thiazole rings is 1. The van der Waals surface area contributed by atoms with Gasteiger partial charge in [0.15, 0.2) is 16.6 Å². The lowest BCUT2D eigenvalue weighted by Gasteiger charge is -2.34. The maximum absolute atomic E-state index is 13.2. The number of rotatable bonds is 4. The lowest BCUT2D eigenvalue weighted by atomic mass is 10.2. The first-order valence-electron chi connectivity index (χ1n) is 9.52. The van der Waals surface area contributed by atoms with Crippen LogP contribution < -0.4 is 4.90 Å². The topological polar surface area (TPSA) is 67.4 Å². The average Bonchev–Trinajstić information content (AvgIpc) is 3.55. The number of hydrogen-bond donors (Lipinski definition) is 0. The van der Waals surface area contributed by atoms with Crippen molar-refractivity contribution in [2.24, 2.45) is 0 Å². The molecule has 9 heteroatoms. The molecular weight excluding hydrogens is 422 g/mol. The second kappa shape index (κ2) is 7.97. The first-order valence-corrected chi connectivity index (χ1v) is 10.8. The molecule has 1 amide bonds. The highest BCUT2D eigenvalue weighted by molar-refractivity contribution is 7.13. The van der Waals surface area contributed by atoms with E-state index < -0.39 is 0 Å². The summed E-state index contributed by atoms with van der Waals surface area (Å²) in [5.74, 6) is 0.539. The van der Waals surface area contributed by atoms with Crippen LogP contribution in [-0.2, 0) is 0 Å². The average molecular weight is 440 g/mol. The Morgan fingerprint density at radius 1 is 1.10 bits per heavy atom. The number of carbonyl (C=O) groups is 1. The molecule has 0 radical (unpaired) electrons. The molecule has 1 fully saturated rings. The molecule has 0 aliphatic carbocycles. The van der Waals surface area contributed by atoms with E-state index in [1.54, 1.807) is 40.6 Å². The molecule has 1 aliphatic rings. The van der Waals surface area contributed by atoms with Crippen LogP contribution in [0, 0.1) is 0 Å². The van der Waals surface area contributed by atoms with Crippen molar-refractivity contribution in [2.45, 2.75) is 0 Å². The Balaban J connectivity index is 1.42. The van der Waals surface area contributed by atoms with Gasteiger partial charge in [-0.1, -0.05) is 17.7 Å². The number of carbonyl (C=O) groups excluding carboxylic acids is 1. The van der Waals surface area contributed by atoms with Gasteiger partial charge in [-0.05, 0) is 30.3 Å². The van der Waals surface area contributed by atoms with Crippen LogP contribution in [0.2, 0.25) is 5.02 Å². The summed E-state index contributed by atoms with van der Waals surface area (Å²) >= 11 is 7.78. The third kappa shape index (κ3) is 3.59. The summed E-state index contributed by atoms with van der Waals surface area (Å²) in [7, 11) is 0. The zero-order valence-corrected chi connectivity index (χ0v) is 17.5. The van der Waals surface area contributed by atoms with Crippen LogP contribution in [0.15, 0.2) is 64.7 Å². The summed E-state index contributed by atoms with van der Waals surface area (Å²) in [5.41, 5.74) is 1.85. The molecule has 0 atom stereocenters. The Labute approximate surface area is 182 Å². The van der Waals surface area contributed by atoms with Crippen LogP contribution in [-0.4, -0.2) is 51.8 Å². The predicted molar refractivity (Wildman–Crippen MR) is 117 cm³/mol. The molecule has 0 saturated carbocycles. The summed E-state index contributed by atoms with van der Waals surface area (Å²) in [5, 5.41) is 8.16. The lowest BCUT2D eigenvalue weighted by Crippen LogP contribution is -2.48. The second-order valence-corrected chi connectivity index (χ2v) is 8.19. The van der Waals surface area contributed by atoms with Gasteiger partial charge in [0.1, 0.15) is 5.69 Å². The van der Waals surface area contributed by atoms with Gasteiger partial charge in [0.2, 0.25) is 0 Å². The molecule has 5 rings (SSSR count). The van der Waals surface area contributed by atoms with Gasteiger partial charge >= 0.3 is 0 Å². The summed E-state index contributed by atoms with van der Waals surface area (Å²) in [4.78, 5) is 21.6. The molecular formula is C21H18ClN5O2S. The van der Waals surface area contributed by atoms with E-state index in [1.807, 2.05) is 40.6 Å². The fourth-order valence-electron chi connectivity index (χ4n) is 3.53. The van der Waals surface area contributed by atoms with Crippen LogP contribution in [0.5, 0.6) is 0 Å². The Morgan fingerprint density at radius 3 is 2.67 bits per heavy atom. The summed E-state index contributed by atoms with van der Waals surface area (Å²) in [6.45, 7) is 2.75. The fraction of sp³-hybridized carbons (Fsp3) is 0.190. The first kappa shape index (κ1) is 18.9. The fourth-order valence-corrected chi connectivity index (χ4v) is 4.41. The number of nitrogens with zero attached hydrogens (tertiary/aromatic N) is 5. The van der Waals surface area contributed by atoms with Crippen molar-refractivity contribution in [3.05, 3.63) is 71.0 Å². The Kier molecular flexibility index (Phi) is 5.02. The number of anilines is 1. The molecule has 0 unspecified atom stereocenters. The van der Waals surface area contributed by atoms with Crippen LogP contribution in [0.25, 0.3) is 17.1 Å². The minimum atomic E-state index is -0.0950. The van der Waals surface area contributed by atoms with Crippen LogP contribution in [0.3, 0.4) is 0 Å². The standard InChI is InChI=1S/C21H18ClN5O2S/c22-15-3-1-4-16(13-15)27-18(19-5-2-11-29-19)14-17(24-27)20(28)25-7-9-26(10-8-25)21-23-6-12-30-21/h1-6,11-14H,7-10H2. The molecule has 152 valence electrons. The van der Waals surface area contributed by atoms with E-state index in [0.29, 0.717) is 35.3 Å². The van der Waals surface area contributed by atoms with Gasteiger partial charge in [-0.2, -0.15) is 5.10 Å². The van der Waals surface area contributed by atoms with Crippen LogP contribution in [0.1, 0.15) is 10.5 Å². The van der Waals surface area contributed by atoms with Gasteiger partial charge in [0.25, 0.3) is 5.91 Å². The van der Waals surface area contributed by atoms with Crippen LogP contribution >= 0.6 is 22.9 Å². The summed E-state index contributed by atoms with van der Waals surface area (Å²) in [6, 6.07) is 12.8. The van der Waals surface area contributed by atoms with E-state index in [9.17, 15) is 4.79 Å². The highest BCUT2D eigenvalue weighted by atomic mass is 35.5. The molecule has 4 heterocycles. The molecule has 1 aliphatic heterocycles. The zero-order valence-electron chi connectivity index (χ0n) is 15.9. The van der Waals surface area contributed by atoms with E-state index in [2.05, 4.69) is 15.0 Å².